The quantitative estimate of drug-likeness (QED) is 0.811. The van der Waals surface area contributed by atoms with Gasteiger partial charge in [-0.3, -0.25) is 4.79 Å². The number of carbonyl (C=O) groups excluding carboxylic acids is 1. The minimum Gasteiger partial charge on any atom is -0.345 e. The van der Waals surface area contributed by atoms with Crippen molar-refractivity contribution < 1.29 is 4.79 Å². The molecule has 0 aliphatic carbocycles. The molecule has 0 bridgehead atoms. The number of rotatable bonds is 3. The highest BCUT2D eigenvalue weighted by atomic mass is 16.1. The number of benzene rings is 1. The molecule has 1 amide bonds. The zero-order chi connectivity index (χ0) is 13.0. The Hall–Kier alpha value is -2.36. The van der Waals surface area contributed by atoms with Crippen molar-refractivity contribution in [3.05, 3.63) is 48.4 Å². The first-order chi connectivity index (χ1) is 8.65. The fourth-order valence-electron chi connectivity index (χ4n) is 1.59. The SMILES string of the molecule is CC(C)=CC(=O)Nc1ccc(-c2cnc[nH]2)cc1. The van der Waals surface area contributed by atoms with Crippen LogP contribution in [0.1, 0.15) is 13.8 Å². The van der Waals surface area contributed by atoms with Gasteiger partial charge in [-0.25, -0.2) is 4.98 Å². The van der Waals surface area contributed by atoms with Gasteiger partial charge in [0.25, 0.3) is 0 Å². The van der Waals surface area contributed by atoms with Crippen molar-refractivity contribution in [2.24, 2.45) is 0 Å². The topological polar surface area (TPSA) is 57.8 Å². The lowest BCUT2D eigenvalue weighted by atomic mass is 10.1. The maximum Gasteiger partial charge on any atom is 0.248 e. The van der Waals surface area contributed by atoms with E-state index in [0.29, 0.717) is 0 Å². The van der Waals surface area contributed by atoms with E-state index in [0.717, 1.165) is 22.5 Å². The Morgan fingerprint density at radius 1 is 1.28 bits per heavy atom. The molecule has 4 nitrogen and oxygen atoms in total. The maximum atomic E-state index is 11.5. The molecular weight excluding hydrogens is 226 g/mol. The second-order valence-electron chi connectivity index (χ2n) is 4.25. The molecule has 0 unspecified atom stereocenters. The van der Waals surface area contributed by atoms with Crippen LogP contribution in [-0.2, 0) is 4.79 Å². The summed E-state index contributed by atoms with van der Waals surface area (Å²) in [4.78, 5) is 18.5. The van der Waals surface area contributed by atoms with Gasteiger partial charge in [-0.15, -0.1) is 0 Å². The van der Waals surface area contributed by atoms with Crippen LogP contribution < -0.4 is 5.32 Å². The number of imidazole rings is 1. The highest BCUT2D eigenvalue weighted by molar-refractivity contribution is 5.99. The standard InChI is InChI=1S/C14H15N3O/c1-10(2)7-14(18)17-12-5-3-11(4-6-12)13-8-15-9-16-13/h3-9H,1-2H3,(H,15,16)(H,17,18). The van der Waals surface area contributed by atoms with Gasteiger partial charge in [-0.05, 0) is 31.5 Å². The number of anilines is 1. The first kappa shape index (κ1) is 12.1. The number of amides is 1. The summed E-state index contributed by atoms with van der Waals surface area (Å²) < 4.78 is 0. The van der Waals surface area contributed by atoms with Crippen LogP contribution in [0.2, 0.25) is 0 Å². The third-order valence-electron chi connectivity index (χ3n) is 2.38. The molecular formula is C14H15N3O. The summed E-state index contributed by atoms with van der Waals surface area (Å²) in [6.45, 7) is 3.78. The van der Waals surface area contributed by atoms with Crippen LogP contribution >= 0.6 is 0 Å². The molecule has 0 spiro atoms. The van der Waals surface area contributed by atoms with E-state index in [9.17, 15) is 4.79 Å². The predicted molar refractivity (Wildman–Crippen MR) is 72.1 cm³/mol. The van der Waals surface area contributed by atoms with Gasteiger partial charge < -0.3 is 10.3 Å². The fraction of sp³-hybridized carbons (Fsp3) is 0.143. The maximum absolute atomic E-state index is 11.5. The van der Waals surface area contributed by atoms with E-state index in [2.05, 4.69) is 15.3 Å². The lowest BCUT2D eigenvalue weighted by molar-refractivity contribution is -0.111. The van der Waals surface area contributed by atoms with Crippen LogP contribution in [-0.4, -0.2) is 15.9 Å². The molecule has 0 aliphatic heterocycles. The number of hydrogen-bond donors (Lipinski definition) is 2. The molecule has 1 heterocycles. The summed E-state index contributed by atoms with van der Waals surface area (Å²) in [7, 11) is 0. The molecule has 0 saturated carbocycles. The zero-order valence-corrected chi connectivity index (χ0v) is 10.4. The molecule has 0 fully saturated rings. The van der Waals surface area contributed by atoms with Gasteiger partial charge in [0.1, 0.15) is 0 Å². The minimum absolute atomic E-state index is 0.107. The number of aromatic amines is 1. The van der Waals surface area contributed by atoms with Crippen LogP contribution in [0.4, 0.5) is 5.69 Å². The summed E-state index contributed by atoms with van der Waals surface area (Å²) in [5, 5.41) is 2.80. The normalized spacial score (nSPS) is 9.89. The number of nitrogens with one attached hydrogen (secondary N) is 2. The van der Waals surface area contributed by atoms with E-state index in [4.69, 9.17) is 0 Å². The molecule has 2 aromatic rings. The average Bonchev–Trinajstić information content (AvgIpc) is 2.82. The molecule has 1 aromatic carbocycles. The van der Waals surface area contributed by atoms with Gasteiger partial charge in [-0.2, -0.15) is 0 Å². The molecule has 2 rings (SSSR count). The number of nitrogens with zero attached hydrogens (tertiary/aromatic N) is 1. The van der Waals surface area contributed by atoms with Gasteiger partial charge in [-0.1, -0.05) is 17.7 Å². The van der Waals surface area contributed by atoms with E-state index in [1.54, 1.807) is 18.6 Å². The Morgan fingerprint density at radius 2 is 2.00 bits per heavy atom. The highest BCUT2D eigenvalue weighted by Crippen LogP contribution is 2.18. The molecule has 2 N–H and O–H groups in total. The first-order valence-corrected chi connectivity index (χ1v) is 5.70. The molecule has 0 radical (unpaired) electrons. The summed E-state index contributed by atoms with van der Waals surface area (Å²) in [5.41, 5.74) is 3.74. The van der Waals surface area contributed by atoms with Crippen molar-refractivity contribution in [2.45, 2.75) is 13.8 Å². The minimum atomic E-state index is -0.107. The van der Waals surface area contributed by atoms with E-state index < -0.39 is 0 Å². The summed E-state index contributed by atoms with van der Waals surface area (Å²) in [6.07, 6.45) is 4.97. The third-order valence-corrected chi connectivity index (χ3v) is 2.38. The van der Waals surface area contributed by atoms with Crippen LogP contribution in [0.3, 0.4) is 0 Å². The van der Waals surface area contributed by atoms with E-state index in [-0.39, 0.29) is 5.91 Å². The van der Waals surface area contributed by atoms with Gasteiger partial charge >= 0.3 is 0 Å². The molecule has 18 heavy (non-hydrogen) atoms. The van der Waals surface area contributed by atoms with Crippen molar-refractivity contribution in [3.8, 4) is 11.3 Å². The lowest BCUT2D eigenvalue weighted by Gasteiger charge is -2.03. The average molecular weight is 241 g/mol. The van der Waals surface area contributed by atoms with Crippen LogP contribution in [0.15, 0.2) is 48.4 Å². The highest BCUT2D eigenvalue weighted by Gasteiger charge is 2.01. The molecule has 92 valence electrons. The largest absolute Gasteiger partial charge is 0.345 e. The third kappa shape index (κ3) is 3.07. The zero-order valence-electron chi connectivity index (χ0n) is 10.4. The Labute approximate surface area is 106 Å². The lowest BCUT2D eigenvalue weighted by Crippen LogP contribution is -2.08. The van der Waals surface area contributed by atoms with E-state index in [1.807, 2.05) is 38.1 Å². The number of hydrogen-bond acceptors (Lipinski definition) is 2. The van der Waals surface area contributed by atoms with Crippen molar-refractivity contribution in [1.82, 2.24) is 9.97 Å². The number of allylic oxidation sites excluding steroid dienone is 1. The molecule has 1 aromatic heterocycles. The summed E-state index contributed by atoms with van der Waals surface area (Å²) in [6, 6.07) is 7.61. The van der Waals surface area contributed by atoms with Crippen LogP contribution in [0.5, 0.6) is 0 Å². The Bertz CT molecular complexity index is 549. The van der Waals surface area contributed by atoms with Crippen molar-refractivity contribution >= 4 is 11.6 Å². The Kier molecular flexibility index (Phi) is 3.57. The number of H-pyrrole nitrogens is 1. The second-order valence-corrected chi connectivity index (χ2v) is 4.25. The molecule has 0 aliphatic rings. The van der Waals surface area contributed by atoms with E-state index >= 15 is 0 Å². The van der Waals surface area contributed by atoms with Gasteiger partial charge in [0, 0.05) is 11.8 Å². The monoisotopic (exact) mass is 241 g/mol. The van der Waals surface area contributed by atoms with Crippen molar-refractivity contribution in [1.29, 1.82) is 0 Å². The Morgan fingerprint density at radius 3 is 2.56 bits per heavy atom. The molecule has 4 heteroatoms. The van der Waals surface area contributed by atoms with Gasteiger partial charge in [0.05, 0.1) is 18.2 Å². The predicted octanol–water partition coefficient (Wildman–Crippen LogP) is 2.98. The van der Waals surface area contributed by atoms with Crippen molar-refractivity contribution in [3.63, 3.8) is 0 Å². The van der Waals surface area contributed by atoms with Crippen LogP contribution in [0.25, 0.3) is 11.3 Å². The van der Waals surface area contributed by atoms with E-state index in [1.165, 1.54) is 0 Å². The number of aromatic nitrogens is 2. The van der Waals surface area contributed by atoms with Gasteiger partial charge in [0.15, 0.2) is 0 Å². The molecule has 0 atom stereocenters. The summed E-state index contributed by atoms with van der Waals surface area (Å²) >= 11 is 0. The Balaban J connectivity index is 2.09. The summed E-state index contributed by atoms with van der Waals surface area (Å²) in [5.74, 6) is -0.107. The second kappa shape index (κ2) is 5.31. The smallest absolute Gasteiger partial charge is 0.248 e. The van der Waals surface area contributed by atoms with Crippen molar-refractivity contribution in [2.75, 3.05) is 5.32 Å². The van der Waals surface area contributed by atoms with Crippen LogP contribution in [0, 0.1) is 0 Å². The van der Waals surface area contributed by atoms with Gasteiger partial charge in [0.2, 0.25) is 5.91 Å². The molecule has 0 saturated heterocycles. The first-order valence-electron chi connectivity index (χ1n) is 5.70. The number of carbonyl (C=O) groups is 1. The fourth-order valence-corrected chi connectivity index (χ4v) is 1.59.